The third-order valence-corrected chi connectivity index (χ3v) is 10.4. The predicted molar refractivity (Wildman–Crippen MR) is 215 cm³/mol. The molecule has 2 heterocycles. The Morgan fingerprint density at radius 2 is 0.717 bits per heavy atom. The van der Waals surface area contributed by atoms with Gasteiger partial charge in [-0.2, -0.15) is 10.5 Å². The summed E-state index contributed by atoms with van der Waals surface area (Å²) in [4.78, 5) is 25.9. The maximum atomic E-state index is 13.0. The van der Waals surface area contributed by atoms with Crippen LogP contribution in [-0.2, 0) is 13.1 Å². The summed E-state index contributed by atoms with van der Waals surface area (Å²) < 4.78 is 8.70. The van der Waals surface area contributed by atoms with Gasteiger partial charge in [0.1, 0.15) is 12.1 Å². The fourth-order valence-corrected chi connectivity index (χ4v) is 7.05. The van der Waals surface area contributed by atoms with Gasteiger partial charge in [-0.05, 0) is 12.8 Å². The molecule has 2 N–H and O–H groups in total. The summed E-state index contributed by atoms with van der Waals surface area (Å²) >= 11 is 0. The lowest BCUT2D eigenvalue weighted by Gasteiger charge is -2.15. The van der Waals surface area contributed by atoms with Crippen LogP contribution in [0.4, 0.5) is 0 Å². The van der Waals surface area contributed by atoms with Crippen molar-refractivity contribution >= 4 is 0 Å². The van der Waals surface area contributed by atoms with E-state index in [1.54, 1.807) is 0 Å². The molecule has 0 spiro atoms. The standard InChI is InChI=1S/C44H70N4O5/c1-3-5-7-9-11-13-15-17-19-21-23-25-27-29-31-47-35-39(43(51)41(49)37(47)33-45)53-40-36-48(38(34-46)42(50)44(40)52)32-30-28-26-24-22-20-18-16-14-12-10-8-6-4-2/h35-36,49-50H,3-32H2,1-2H3. The van der Waals surface area contributed by atoms with Crippen molar-refractivity contribution in [2.24, 2.45) is 0 Å². The molecule has 2 rings (SSSR count). The van der Waals surface area contributed by atoms with Crippen molar-refractivity contribution in [2.45, 2.75) is 207 Å². The van der Waals surface area contributed by atoms with Crippen molar-refractivity contribution in [3.8, 4) is 35.1 Å². The highest BCUT2D eigenvalue weighted by Crippen LogP contribution is 2.25. The van der Waals surface area contributed by atoms with E-state index in [4.69, 9.17) is 4.74 Å². The van der Waals surface area contributed by atoms with E-state index < -0.39 is 22.4 Å². The van der Waals surface area contributed by atoms with Gasteiger partial charge >= 0.3 is 0 Å². The summed E-state index contributed by atoms with van der Waals surface area (Å²) in [5.74, 6) is -2.13. The number of unbranched alkanes of at least 4 members (excludes halogenated alkanes) is 26. The molecule has 0 amide bonds. The summed E-state index contributed by atoms with van der Waals surface area (Å²) in [5.41, 5.74) is -2.15. The third-order valence-electron chi connectivity index (χ3n) is 10.4. The van der Waals surface area contributed by atoms with E-state index in [1.807, 2.05) is 12.1 Å². The van der Waals surface area contributed by atoms with Crippen LogP contribution in [0.15, 0.2) is 22.0 Å². The predicted octanol–water partition coefficient (Wildman–Crippen LogP) is 11.9. The number of aryl methyl sites for hydroxylation is 2. The number of aromatic hydroxyl groups is 2. The van der Waals surface area contributed by atoms with Crippen molar-refractivity contribution < 1.29 is 14.9 Å². The molecule has 0 radical (unpaired) electrons. The molecule has 0 saturated carbocycles. The lowest BCUT2D eigenvalue weighted by atomic mass is 10.0. The highest BCUT2D eigenvalue weighted by atomic mass is 16.5. The first-order valence-electron chi connectivity index (χ1n) is 21.3. The highest BCUT2D eigenvalue weighted by Gasteiger charge is 2.21. The highest BCUT2D eigenvalue weighted by molar-refractivity contribution is 5.46. The Bertz CT molecular complexity index is 1390. The Kier molecular flexibility index (Phi) is 24.6. The van der Waals surface area contributed by atoms with Crippen LogP contribution in [0.25, 0.3) is 0 Å². The summed E-state index contributed by atoms with van der Waals surface area (Å²) in [6.07, 6.45) is 36.8. The van der Waals surface area contributed by atoms with Crippen LogP contribution in [-0.4, -0.2) is 19.3 Å². The first kappa shape index (κ1) is 45.4. The smallest absolute Gasteiger partial charge is 0.266 e. The van der Waals surface area contributed by atoms with E-state index >= 15 is 0 Å². The van der Waals surface area contributed by atoms with Gasteiger partial charge in [0.05, 0.1) is 12.4 Å². The molecule has 9 heteroatoms. The molecule has 0 aromatic carbocycles. The topological polar surface area (TPSA) is 141 Å². The van der Waals surface area contributed by atoms with Crippen molar-refractivity contribution in [3.05, 3.63) is 44.2 Å². The van der Waals surface area contributed by atoms with Gasteiger partial charge < -0.3 is 24.1 Å². The van der Waals surface area contributed by atoms with Gasteiger partial charge in [0.2, 0.25) is 11.5 Å². The van der Waals surface area contributed by atoms with Gasteiger partial charge in [-0.15, -0.1) is 0 Å². The van der Waals surface area contributed by atoms with Crippen molar-refractivity contribution in [2.75, 3.05) is 0 Å². The average Bonchev–Trinajstić information content (AvgIpc) is 3.16. The van der Waals surface area contributed by atoms with Gasteiger partial charge in [0.25, 0.3) is 10.9 Å². The molecular formula is C44H70N4O5. The van der Waals surface area contributed by atoms with Crippen LogP contribution in [0.3, 0.4) is 0 Å². The maximum Gasteiger partial charge on any atom is 0.266 e. The monoisotopic (exact) mass is 735 g/mol. The molecule has 0 aliphatic carbocycles. The number of rotatable bonds is 32. The second-order valence-electron chi connectivity index (χ2n) is 14.9. The van der Waals surface area contributed by atoms with Crippen LogP contribution in [0.5, 0.6) is 23.0 Å². The van der Waals surface area contributed by atoms with E-state index in [1.165, 1.54) is 150 Å². The second-order valence-corrected chi connectivity index (χ2v) is 14.9. The zero-order chi connectivity index (χ0) is 38.5. The van der Waals surface area contributed by atoms with Gasteiger partial charge in [-0.3, -0.25) is 9.59 Å². The number of nitrogens with zero attached hydrogens (tertiary/aromatic N) is 4. The Morgan fingerprint density at radius 3 is 0.962 bits per heavy atom. The summed E-state index contributed by atoms with van der Waals surface area (Å²) in [6.45, 7) is 5.29. The molecule has 0 saturated heterocycles. The van der Waals surface area contributed by atoms with Crippen LogP contribution in [0.1, 0.15) is 205 Å². The number of ether oxygens (including phenoxy) is 1. The zero-order valence-corrected chi connectivity index (χ0v) is 33.3. The van der Waals surface area contributed by atoms with Crippen LogP contribution in [0, 0.1) is 22.7 Å². The molecule has 2 aromatic heterocycles. The first-order valence-corrected chi connectivity index (χ1v) is 21.3. The van der Waals surface area contributed by atoms with Gasteiger partial charge in [0.15, 0.2) is 22.9 Å². The minimum Gasteiger partial charge on any atom is -0.502 e. The summed E-state index contributed by atoms with van der Waals surface area (Å²) in [5, 5.41) is 40.6. The second kappa shape index (κ2) is 28.7. The molecule has 0 fully saturated rings. The third kappa shape index (κ3) is 17.8. The largest absolute Gasteiger partial charge is 0.502 e. The number of hydrogen-bond donors (Lipinski definition) is 2. The van der Waals surface area contributed by atoms with Gasteiger partial charge in [0, 0.05) is 13.1 Å². The minimum atomic E-state index is -0.916. The lowest BCUT2D eigenvalue weighted by Crippen LogP contribution is -2.18. The molecule has 0 aliphatic heterocycles. The van der Waals surface area contributed by atoms with Crippen LogP contribution in [0.2, 0.25) is 0 Å². The van der Waals surface area contributed by atoms with E-state index in [2.05, 4.69) is 13.8 Å². The van der Waals surface area contributed by atoms with E-state index in [9.17, 15) is 30.3 Å². The lowest BCUT2D eigenvalue weighted by molar-refractivity contribution is 0.409. The Balaban J connectivity index is 1.85. The Morgan fingerprint density at radius 1 is 0.472 bits per heavy atom. The zero-order valence-electron chi connectivity index (χ0n) is 33.3. The number of aromatic nitrogens is 2. The van der Waals surface area contributed by atoms with E-state index in [0.717, 1.165) is 51.4 Å². The normalized spacial score (nSPS) is 11.1. The van der Waals surface area contributed by atoms with Gasteiger partial charge in [-0.25, -0.2) is 0 Å². The van der Waals surface area contributed by atoms with E-state index in [-0.39, 0.29) is 22.9 Å². The number of nitriles is 2. The SMILES string of the molecule is CCCCCCCCCCCCCCCCn1cc(Oc2cn(CCCCCCCCCCCCCCCC)c(C#N)c(O)c2=O)c(=O)c(O)c1C#N. The first-order chi connectivity index (χ1) is 25.9. The molecular weight excluding hydrogens is 665 g/mol. The Hall–Kier alpha value is -3.72. The molecule has 53 heavy (non-hydrogen) atoms. The Labute approximate surface area is 320 Å². The molecule has 2 aromatic rings. The maximum absolute atomic E-state index is 13.0. The minimum absolute atomic E-state index is 0.157. The van der Waals surface area contributed by atoms with E-state index in [0.29, 0.717) is 13.1 Å². The van der Waals surface area contributed by atoms with Crippen molar-refractivity contribution in [1.82, 2.24) is 9.13 Å². The summed E-state index contributed by atoms with van der Waals surface area (Å²) in [6, 6.07) is 3.83. The van der Waals surface area contributed by atoms with Crippen molar-refractivity contribution in [3.63, 3.8) is 0 Å². The fraction of sp³-hybridized carbons (Fsp3) is 0.727. The number of pyridine rings is 2. The van der Waals surface area contributed by atoms with Gasteiger partial charge in [-0.1, -0.05) is 181 Å². The quantitative estimate of drug-likeness (QED) is 0.0712. The van der Waals surface area contributed by atoms with Crippen LogP contribution >= 0.6 is 0 Å². The fourth-order valence-electron chi connectivity index (χ4n) is 7.05. The molecule has 296 valence electrons. The van der Waals surface area contributed by atoms with Crippen molar-refractivity contribution in [1.29, 1.82) is 10.5 Å². The molecule has 9 nitrogen and oxygen atoms in total. The number of hydrogen-bond acceptors (Lipinski definition) is 7. The molecule has 0 bridgehead atoms. The molecule has 0 unspecified atom stereocenters. The molecule has 0 aliphatic rings. The summed E-state index contributed by atoms with van der Waals surface area (Å²) in [7, 11) is 0. The molecule has 0 atom stereocenters. The van der Waals surface area contributed by atoms with Crippen LogP contribution < -0.4 is 15.6 Å². The average molecular weight is 735 g/mol.